The average Bonchev–Trinajstić information content (AvgIpc) is 2.65. The van der Waals surface area contributed by atoms with Crippen LogP contribution in [0.2, 0.25) is 52.4 Å². The zero-order valence-electron chi connectivity index (χ0n) is 20.1. The topological polar surface area (TPSA) is 55.4 Å². The summed E-state index contributed by atoms with van der Waals surface area (Å²) < 4.78 is 42.7. The number of hydrogen-bond donors (Lipinski definition) is 0. The van der Waals surface area contributed by atoms with E-state index < -0.39 is 76.3 Å². The van der Waals surface area contributed by atoms with Crippen LogP contribution in [0.25, 0.3) is 0 Å². The van der Waals surface area contributed by atoms with Crippen LogP contribution in [0.4, 0.5) is 0 Å². The third-order valence-electron chi connectivity index (χ3n) is 4.13. The van der Waals surface area contributed by atoms with Crippen molar-refractivity contribution < 1.29 is 19.0 Å². The summed E-state index contributed by atoms with van der Waals surface area (Å²) >= 11 is -5.61. The van der Waals surface area contributed by atoms with Crippen molar-refractivity contribution in [3.63, 3.8) is 0 Å². The normalized spacial score (nSPS) is 24.2. The molecule has 1 fully saturated rings. The molecule has 1 saturated heterocycles. The number of hydrogen-bond acceptors (Lipinski definition) is 6. The molecule has 6 nitrogen and oxygen atoms in total. The molecule has 32 heavy (non-hydrogen) atoms. The van der Waals surface area contributed by atoms with Gasteiger partial charge < -0.3 is 0 Å². The first-order valence-corrected chi connectivity index (χ1v) is 28.6. The van der Waals surface area contributed by atoms with Gasteiger partial charge in [0.15, 0.2) is 0 Å². The maximum absolute atomic E-state index is 6.76. The molecule has 0 amide bonds. The minimum atomic E-state index is -2.81. The molecule has 1 aliphatic rings. The zero-order chi connectivity index (χ0) is 23.6. The molecule has 0 saturated carbocycles. The molecule has 0 radical (unpaired) electrons. The fourth-order valence-electron chi connectivity index (χ4n) is 3.40. The maximum atomic E-state index is 6.76. The Balaban J connectivity index is 1.99. The molecule has 0 N–H and O–H groups in total. The van der Waals surface area contributed by atoms with Gasteiger partial charge in [-0.3, -0.25) is 0 Å². The fourth-order valence-corrected chi connectivity index (χ4v) is 41.2. The van der Waals surface area contributed by atoms with Crippen molar-refractivity contribution in [1.29, 1.82) is 0 Å². The molecular formula is C20H34O6Sb2Si4. The van der Waals surface area contributed by atoms with Gasteiger partial charge in [0.05, 0.1) is 0 Å². The fraction of sp³-hybridized carbons (Fsp3) is 0.400. The third kappa shape index (κ3) is 8.43. The van der Waals surface area contributed by atoms with Crippen molar-refractivity contribution in [1.82, 2.24) is 0 Å². The van der Waals surface area contributed by atoms with Gasteiger partial charge in [-0.1, -0.05) is 0 Å². The van der Waals surface area contributed by atoms with E-state index in [0.29, 0.717) is 0 Å². The summed E-state index contributed by atoms with van der Waals surface area (Å²) in [7, 11) is -10.1. The van der Waals surface area contributed by atoms with Crippen LogP contribution in [0.1, 0.15) is 0 Å². The Morgan fingerprint density at radius 3 is 0.938 bits per heavy atom. The van der Waals surface area contributed by atoms with Crippen LogP contribution < -0.4 is 7.02 Å². The summed E-state index contributed by atoms with van der Waals surface area (Å²) in [6.45, 7) is 16.8. The zero-order valence-corrected chi connectivity index (χ0v) is 29.2. The van der Waals surface area contributed by atoms with Crippen molar-refractivity contribution in [2.45, 2.75) is 52.4 Å². The van der Waals surface area contributed by atoms with Gasteiger partial charge in [-0.25, -0.2) is 0 Å². The summed E-state index contributed by atoms with van der Waals surface area (Å²) in [6.07, 6.45) is 0. The molecule has 0 bridgehead atoms. The summed E-state index contributed by atoms with van der Waals surface area (Å²) in [6, 6.07) is 20.6. The Morgan fingerprint density at radius 1 is 0.438 bits per heavy atom. The molecule has 0 spiro atoms. The second-order valence-electron chi connectivity index (χ2n) is 9.35. The number of rotatable bonds is 2. The molecular weight excluding hydrogens is 692 g/mol. The van der Waals surface area contributed by atoms with Crippen molar-refractivity contribution in [3.8, 4) is 0 Å². The first kappa shape index (κ1) is 27.3. The Labute approximate surface area is 213 Å². The summed E-state index contributed by atoms with van der Waals surface area (Å²) in [5.41, 5.74) is 0. The van der Waals surface area contributed by atoms with Crippen molar-refractivity contribution in [3.05, 3.63) is 60.7 Å². The van der Waals surface area contributed by atoms with Gasteiger partial charge in [0.1, 0.15) is 0 Å². The van der Waals surface area contributed by atoms with Gasteiger partial charge in [-0.2, -0.15) is 0 Å². The predicted octanol–water partition coefficient (Wildman–Crippen LogP) is 3.70. The molecule has 176 valence electrons. The first-order chi connectivity index (χ1) is 14.8. The average molecular weight is 726 g/mol. The molecule has 1 heterocycles. The van der Waals surface area contributed by atoms with Gasteiger partial charge in [-0.05, 0) is 0 Å². The quantitative estimate of drug-likeness (QED) is 0.441. The summed E-state index contributed by atoms with van der Waals surface area (Å²) in [4.78, 5) is 0. The van der Waals surface area contributed by atoms with Gasteiger partial charge >= 0.3 is 215 Å². The second-order valence-corrected chi connectivity index (χ2v) is 35.1. The van der Waals surface area contributed by atoms with Gasteiger partial charge in [0.2, 0.25) is 0 Å². The van der Waals surface area contributed by atoms with E-state index in [1.807, 2.05) is 36.4 Å². The molecule has 0 unspecified atom stereocenters. The molecule has 1 aliphatic heterocycles. The van der Waals surface area contributed by atoms with Crippen LogP contribution in [0.5, 0.6) is 0 Å². The van der Waals surface area contributed by atoms with E-state index in [1.165, 1.54) is 0 Å². The van der Waals surface area contributed by atoms with Crippen LogP contribution in [-0.4, -0.2) is 76.3 Å². The SMILES string of the molecule is C[Si]1(C)[O][Sb]([c]2ccccc2)[O][Si](C)(C)O[Si](C)(C)[O][Sb]([c]2ccccc2)[O][Si](C)(C)O1. The monoisotopic (exact) mass is 724 g/mol. The van der Waals surface area contributed by atoms with Crippen LogP contribution in [0, 0.1) is 0 Å². The van der Waals surface area contributed by atoms with E-state index in [-0.39, 0.29) is 0 Å². The van der Waals surface area contributed by atoms with Gasteiger partial charge in [0.25, 0.3) is 0 Å². The van der Waals surface area contributed by atoms with E-state index in [4.69, 9.17) is 19.0 Å². The Morgan fingerprint density at radius 2 is 0.688 bits per heavy atom. The molecule has 2 aromatic rings. The van der Waals surface area contributed by atoms with E-state index >= 15 is 0 Å². The molecule has 12 heteroatoms. The van der Waals surface area contributed by atoms with Crippen LogP contribution >= 0.6 is 0 Å². The Kier molecular flexibility index (Phi) is 9.18. The molecule has 0 aliphatic carbocycles. The molecule has 3 rings (SSSR count). The van der Waals surface area contributed by atoms with Gasteiger partial charge in [0, 0.05) is 0 Å². The van der Waals surface area contributed by atoms with Crippen LogP contribution in [0.15, 0.2) is 60.7 Å². The van der Waals surface area contributed by atoms with Crippen LogP contribution in [-0.2, 0) is 19.0 Å². The Bertz CT molecular complexity index is 781. The Hall–Kier alpha value is 0.704. The van der Waals surface area contributed by atoms with E-state index in [0.717, 1.165) is 7.02 Å². The molecule has 0 atom stereocenters. The predicted molar refractivity (Wildman–Crippen MR) is 140 cm³/mol. The summed E-state index contributed by atoms with van der Waals surface area (Å²) in [5.74, 6) is 0. The molecule has 0 aromatic heterocycles. The van der Waals surface area contributed by atoms with Crippen molar-refractivity contribution >= 4 is 83.4 Å². The van der Waals surface area contributed by atoms with Crippen molar-refractivity contribution in [2.75, 3.05) is 0 Å². The molecule has 2 aromatic carbocycles. The summed E-state index contributed by atoms with van der Waals surface area (Å²) in [5, 5.41) is 0. The minimum absolute atomic E-state index is 1.14. The first-order valence-electron chi connectivity index (χ1n) is 10.6. The van der Waals surface area contributed by atoms with Crippen LogP contribution in [0.3, 0.4) is 0 Å². The second kappa shape index (κ2) is 10.8. The van der Waals surface area contributed by atoms with E-state index in [1.54, 1.807) is 0 Å². The van der Waals surface area contributed by atoms with E-state index in [9.17, 15) is 0 Å². The van der Waals surface area contributed by atoms with E-state index in [2.05, 4.69) is 76.6 Å². The van der Waals surface area contributed by atoms with Gasteiger partial charge in [-0.15, -0.1) is 0 Å². The van der Waals surface area contributed by atoms with Crippen molar-refractivity contribution in [2.24, 2.45) is 0 Å². The standard InChI is InChI=1S/2C6H5.2C4H12O3Si2.2Sb/c2*1-2-4-6-5-3-1;2*1-8(2,5)7-9(3,4)6;;/h2*1-5H;2*1-4H3;;/q;;2*-2;2*+2. The number of benzene rings is 2. The third-order valence-corrected chi connectivity index (χ3v) is 39.3.